The standard InChI is InChI=1S/C16H23N5O/c1-17-16(19-9-11-21-10-8-18-14-21)20(2)12-13-22-15-6-4-3-5-7-15/h3-8,10,14H,9,11-13H2,1-2H3,(H,17,19). The van der Waals surface area contributed by atoms with Crippen molar-refractivity contribution in [2.24, 2.45) is 4.99 Å². The quantitative estimate of drug-likeness (QED) is 0.621. The lowest BCUT2D eigenvalue weighted by molar-refractivity contribution is 0.281. The molecule has 0 aliphatic heterocycles. The highest BCUT2D eigenvalue weighted by Crippen LogP contribution is 2.07. The zero-order valence-corrected chi connectivity index (χ0v) is 13.1. The van der Waals surface area contributed by atoms with E-state index in [1.165, 1.54) is 0 Å². The minimum Gasteiger partial charge on any atom is -0.492 e. The van der Waals surface area contributed by atoms with E-state index in [2.05, 4.69) is 20.2 Å². The lowest BCUT2D eigenvalue weighted by Gasteiger charge is -2.22. The molecular formula is C16H23N5O. The first-order chi connectivity index (χ1) is 10.8. The fourth-order valence-electron chi connectivity index (χ4n) is 2.02. The summed E-state index contributed by atoms with van der Waals surface area (Å²) in [6.07, 6.45) is 5.53. The number of imidazole rings is 1. The topological polar surface area (TPSA) is 54.7 Å². The number of likely N-dealkylation sites (N-methyl/N-ethyl adjacent to an activating group) is 1. The fourth-order valence-corrected chi connectivity index (χ4v) is 2.02. The number of hydrogen-bond donors (Lipinski definition) is 1. The van der Waals surface area contributed by atoms with E-state index in [4.69, 9.17) is 4.74 Å². The Morgan fingerprint density at radius 2 is 2.18 bits per heavy atom. The predicted molar refractivity (Wildman–Crippen MR) is 88.2 cm³/mol. The molecule has 6 nitrogen and oxygen atoms in total. The van der Waals surface area contributed by atoms with Gasteiger partial charge in [0.2, 0.25) is 0 Å². The first-order valence-corrected chi connectivity index (χ1v) is 7.35. The molecule has 0 aliphatic carbocycles. The van der Waals surface area contributed by atoms with E-state index in [1.807, 2.05) is 54.5 Å². The first-order valence-electron chi connectivity index (χ1n) is 7.35. The van der Waals surface area contributed by atoms with Gasteiger partial charge < -0.3 is 19.5 Å². The van der Waals surface area contributed by atoms with E-state index in [0.29, 0.717) is 6.61 Å². The monoisotopic (exact) mass is 301 g/mol. The third kappa shape index (κ3) is 5.12. The lowest BCUT2D eigenvalue weighted by Crippen LogP contribution is -2.41. The van der Waals surface area contributed by atoms with Crippen molar-refractivity contribution in [1.29, 1.82) is 0 Å². The molecule has 0 fully saturated rings. The van der Waals surface area contributed by atoms with Crippen molar-refractivity contribution in [3.63, 3.8) is 0 Å². The summed E-state index contributed by atoms with van der Waals surface area (Å²) in [5, 5.41) is 3.33. The van der Waals surface area contributed by atoms with Gasteiger partial charge in [-0.1, -0.05) is 18.2 Å². The molecule has 0 radical (unpaired) electrons. The van der Waals surface area contributed by atoms with E-state index in [1.54, 1.807) is 13.2 Å². The minimum atomic E-state index is 0.614. The van der Waals surface area contributed by atoms with Gasteiger partial charge in [0, 0.05) is 39.6 Å². The number of nitrogens with one attached hydrogen (secondary N) is 1. The van der Waals surface area contributed by atoms with Crippen LogP contribution >= 0.6 is 0 Å². The van der Waals surface area contributed by atoms with Gasteiger partial charge in [-0.25, -0.2) is 4.98 Å². The van der Waals surface area contributed by atoms with Gasteiger partial charge in [-0.05, 0) is 12.1 Å². The van der Waals surface area contributed by atoms with Crippen LogP contribution in [0.25, 0.3) is 0 Å². The van der Waals surface area contributed by atoms with E-state index in [0.717, 1.165) is 31.3 Å². The van der Waals surface area contributed by atoms with Gasteiger partial charge in [0.25, 0.3) is 0 Å². The summed E-state index contributed by atoms with van der Waals surface area (Å²) in [6.45, 7) is 3.03. The van der Waals surface area contributed by atoms with Crippen LogP contribution in [0, 0.1) is 0 Å². The molecule has 0 unspecified atom stereocenters. The predicted octanol–water partition coefficient (Wildman–Crippen LogP) is 1.47. The van der Waals surface area contributed by atoms with Crippen LogP contribution in [-0.4, -0.2) is 54.2 Å². The van der Waals surface area contributed by atoms with Crippen LogP contribution in [0.15, 0.2) is 54.0 Å². The number of hydrogen-bond acceptors (Lipinski definition) is 3. The molecular weight excluding hydrogens is 278 g/mol. The molecule has 0 saturated heterocycles. The van der Waals surface area contributed by atoms with Crippen molar-refractivity contribution in [3.8, 4) is 5.75 Å². The summed E-state index contributed by atoms with van der Waals surface area (Å²) >= 11 is 0. The van der Waals surface area contributed by atoms with Crippen LogP contribution in [-0.2, 0) is 6.54 Å². The first kappa shape index (κ1) is 15.9. The Labute approximate surface area is 131 Å². The summed E-state index contributed by atoms with van der Waals surface area (Å²) in [5.74, 6) is 1.75. The van der Waals surface area contributed by atoms with Crippen LogP contribution in [0.4, 0.5) is 0 Å². The van der Waals surface area contributed by atoms with Gasteiger partial charge in [0.15, 0.2) is 5.96 Å². The number of aromatic nitrogens is 2. The average molecular weight is 301 g/mol. The maximum absolute atomic E-state index is 5.70. The van der Waals surface area contributed by atoms with Crippen LogP contribution in [0.1, 0.15) is 0 Å². The van der Waals surface area contributed by atoms with Gasteiger partial charge in [-0.2, -0.15) is 0 Å². The molecule has 0 aliphatic rings. The fraction of sp³-hybridized carbons (Fsp3) is 0.375. The SMILES string of the molecule is CN=C(NCCn1ccnc1)N(C)CCOc1ccccc1. The zero-order chi connectivity index (χ0) is 15.6. The highest BCUT2D eigenvalue weighted by molar-refractivity contribution is 5.79. The van der Waals surface area contributed by atoms with Gasteiger partial charge in [0.1, 0.15) is 12.4 Å². The Bertz CT molecular complexity index is 553. The van der Waals surface area contributed by atoms with Crippen LogP contribution in [0.5, 0.6) is 5.75 Å². The van der Waals surface area contributed by atoms with Crippen LogP contribution < -0.4 is 10.1 Å². The summed E-state index contributed by atoms with van der Waals surface area (Å²) in [5.41, 5.74) is 0. The van der Waals surface area contributed by atoms with Crippen LogP contribution in [0.2, 0.25) is 0 Å². The highest BCUT2D eigenvalue weighted by Gasteiger charge is 2.05. The lowest BCUT2D eigenvalue weighted by atomic mass is 10.3. The van der Waals surface area contributed by atoms with Crippen molar-refractivity contribution in [3.05, 3.63) is 49.1 Å². The minimum absolute atomic E-state index is 0.614. The van der Waals surface area contributed by atoms with E-state index < -0.39 is 0 Å². The zero-order valence-electron chi connectivity index (χ0n) is 13.1. The number of ether oxygens (including phenoxy) is 1. The molecule has 1 aromatic heterocycles. The normalized spacial score (nSPS) is 11.3. The molecule has 6 heteroatoms. The van der Waals surface area contributed by atoms with Crippen molar-refractivity contribution in [2.75, 3.05) is 33.8 Å². The molecule has 118 valence electrons. The van der Waals surface area contributed by atoms with Crippen molar-refractivity contribution >= 4 is 5.96 Å². The Morgan fingerprint density at radius 3 is 2.86 bits per heavy atom. The third-order valence-corrected chi connectivity index (χ3v) is 3.22. The smallest absolute Gasteiger partial charge is 0.193 e. The van der Waals surface area contributed by atoms with Gasteiger partial charge in [0.05, 0.1) is 12.9 Å². The van der Waals surface area contributed by atoms with Crippen molar-refractivity contribution in [1.82, 2.24) is 19.8 Å². The molecule has 1 N–H and O–H groups in total. The molecule has 0 amide bonds. The maximum atomic E-state index is 5.70. The Balaban J connectivity index is 1.68. The summed E-state index contributed by atoms with van der Waals surface area (Å²) < 4.78 is 7.72. The van der Waals surface area contributed by atoms with Crippen molar-refractivity contribution < 1.29 is 4.74 Å². The Kier molecular flexibility index (Phi) is 6.29. The molecule has 1 aromatic carbocycles. The molecule has 2 rings (SSSR count). The average Bonchev–Trinajstić information content (AvgIpc) is 3.06. The number of nitrogens with zero attached hydrogens (tertiary/aromatic N) is 4. The summed E-state index contributed by atoms with van der Waals surface area (Å²) in [4.78, 5) is 10.4. The third-order valence-electron chi connectivity index (χ3n) is 3.22. The molecule has 2 aromatic rings. The van der Waals surface area contributed by atoms with E-state index in [-0.39, 0.29) is 0 Å². The van der Waals surface area contributed by atoms with Gasteiger partial charge in [-0.15, -0.1) is 0 Å². The summed E-state index contributed by atoms with van der Waals surface area (Å²) in [6, 6.07) is 9.83. The summed E-state index contributed by atoms with van der Waals surface area (Å²) in [7, 11) is 3.79. The van der Waals surface area contributed by atoms with E-state index in [9.17, 15) is 0 Å². The molecule has 0 atom stereocenters. The Morgan fingerprint density at radius 1 is 1.36 bits per heavy atom. The van der Waals surface area contributed by atoms with Crippen molar-refractivity contribution in [2.45, 2.75) is 6.54 Å². The molecule has 1 heterocycles. The molecule has 0 bridgehead atoms. The number of aliphatic imine (C=N–C) groups is 1. The molecule has 0 saturated carbocycles. The number of benzene rings is 1. The second-order valence-electron chi connectivity index (χ2n) is 4.86. The van der Waals surface area contributed by atoms with Crippen LogP contribution in [0.3, 0.4) is 0 Å². The number of rotatable bonds is 7. The highest BCUT2D eigenvalue weighted by atomic mass is 16.5. The second kappa shape index (κ2) is 8.71. The Hall–Kier alpha value is -2.50. The largest absolute Gasteiger partial charge is 0.492 e. The van der Waals surface area contributed by atoms with E-state index >= 15 is 0 Å². The van der Waals surface area contributed by atoms with Gasteiger partial charge in [-0.3, -0.25) is 4.99 Å². The second-order valence-corrected chi connectivity index (χ2v) is 4.86. The molecule has 0 spiro atoms. The number of para-hydroxylation sites is 1. The molecule has 22 heavy (non-hydrogen) atoms. The maximum Gasteiger partial charge on any atom is 0.193 e. The number of guanidine groups is 1. The van der Waals surface area contributed by atoms with Gasteiger partial charge >= 0.3 is 0 Å².